The maximum Gasteiger partial charge on any atom is 0.303 e. The third-order valence-corrected chi connectivity index (χ3v) is 3.47. The lowest BCUT2D eigenvalue weighted by atomic mass is 10.2. The van der Waals surface area contributed by atoms with Crippen molar-refractivity contribution < 1.29 is 9.47 Å². The Bertz CT molecular complexity index is 863. The number of terminal acetylenes is 1. The minimum atomic E-state index is 0.0181. The highest BCUT2D eigenvalue weighted by Gasteiger charge is 2.24. The Morgan fingerprint density at radius 1 is 1.32 bits per heavy atom. The molecule has 0 spiro atoms. The number of aromatic nitrogens is 4. The molecule has 2 aromatic heterocycles. The van der Waals surface area contributed by atoms with E-state index in [0.29, 0.717) is 25.0 Å². The molecule has 0 atom stereocenters. The maximum atomic E-state index is 5.91. The fourth-order valence-electron chi connectivity index (χ4n) is 2.29. The molecule has 1 fully saturated rings. The molecule has 6 nitrogen and oxygen atoms in total. The number of ether oxygens (including phenoxy) is 2. The van der Waals surface area contributed by atoms with Crippen LogP contribution in [0.2, 0.25) is 0 Å². The molecule has 3 aromatic rings. The van der Waals surface area contributed by atoms with E-state index >= 15 is 0 Å². The second kappa shape index (κ2) is 5.13. The minimum Gasteiger partial charge on any atom is -0.456 e. The largest absolute Gasteiger partial charge is 0.456 e. The normalized spacial score (nSPS) is 14.5. The Balaban J connectivity index is 1.91. The first-order valence-corrected chi connectivity index (χ1v) is 6.85. The molecule has 0 saturated carbocycles. The van der Waals surface area contributed by atoms with Gasteiger partial charge < -0.3 is 9.47 Å². The number of rotatable bonds is 3. The molecule has 0 unspecified atom stereocenters. The molecule has 1 saturated heterocycles. The number of benzene rings is 1. The number of nitrogens with zero attached hydrogens (tertiary/aromatic N) is 4. The predicted octanol–water partition coefficient (Wildman–Crippen LogP) is 1.57. The average Bonchev–Trinajstić information content (AvgIpc) is 2.88. The lowest BCUT2D eigenvalue weighted by molar-refractivity contribution is -0.0835. The lowest BCUT2D eigenvalue weighted by Crippen LogP contribution is -2.39. The Morgan fingerprint density at radius 3 is 2.91 bits per heavy atom. The Kier molecular flexibility index (Phi) is 2.99. The summed E-state index contributed by atoms with van der Waals surface area (Å²) in [5.41, 5.74) is 2.43. The molecule has 108 valence electrons. The van der Waals surface area contributed by atoms with Gasteiger partial charge in [0.25, 0.3) is 0 Å². The highest BCUT2D eigenvalue weighted by molar-refractivity contribution is 5.80. The van der Waals surface area contributed by atoms with E-state index in [1.54, 1.807) is 12.3 Å². The molecule has 0 bridgehead atoms. The van der Waals surface area contributed by atoms with E-state index in [9.17, 15) is 0 Å². The number of hydrogen-bond donors (Lipinski definition) is 0. The highest BCUT2D eigenvalue weighted by atomic mass is 16.6. The van der Waals surface area contributed by atoms with Gasteiger partial charge in [0.1, 0.15) is 18.2 Å². The van der Waals surface area contributed by atoms with Gasteiger partial charge in [0.15, 0.2) is 0 Å². The van der Waals surface area contributed by atoms with Crippen LogP contribution in [-0.4, -0.2) is 38.8 Å². The van der Waals surface area contributed by atoms with Gasteiger partial charge in [0.05, 0.1) is 24.2 Å². The molecule has 0 aliphatic carbocycles. The standard InChI is InChI=1S/C16H12N4O2/c1-2-11-3-4-13-14(7-11)20(15-5-6-17-10-18-15)16(19-13)22-12-8-21-9-12/h1,3-7,10,12H,8-9H2. The van der Waals surface area contributed by atoms with Gasteiger partial charge in [-0.15, -0.1) is 6.42 Å². The summed E-state index contributed by atoms with van der Waals surface area (Å²) in [5.74, 6) is 3.32. The van der Waals surface area contributed by atoms with Gasteiger partial charge in [-0.05, 0) is 24.3 Å². The minimum absolute atomic E-state index is 0.0181. The third kappa shape index (κ3) is 2.08. The van der Waals surface area contributed by atoms with Gasteiger partial charge in [-0.1, -0.05) is 5.92 Å². The lowest BCUT2D eigenvalue weighted by Gasteiger charge is -2.26. The first kappa shape index (κ1) is 12.8. The van der Waals surface area contributed by atoms with Crippen molar-refractivity contribution in [2.45, 2.75) is 6.10 Å². The molecule has 1 aromatic carbocycles. The first-order chi connectivity index (χ1) is 10.8. The van der Waals surface area contributed by atoms with Gasteiger partial charge in [0, 0.05) is 11.8 Å². The van der Waals surface area contributed by atoms with E-state index in [4.69, 9.17) is 15.9 Å². The van der Waals surface area contributed by atoms with Gasteiger partial charge in [-0.3, -0.25) is 0 Å². The van der Waals surface area contributed by atoms with Crippen molar-refractivity contribution in [2.75, 3.05) is 13.2 Å². The monoisotopic (exact) mass is 292 g/mol. The molecule has 0 amide bonds. The van der Waals surface area contributed by atoms with Crippen LogP contribution in [0.15, 0.2) is 36.8 Å². The second-order valence-electron chi connectivity index (χ2n) is 4.92. The van der Waals surface area contributed by atoms with Crippen molar-refractivity contribution in [1.29, 1.82) is 0 Å². The van der Waals surface area contributed by atoms with Crippen LogP contribution in [0, 0.1) is 12.3 Å². The van der Waals surface area contributed by atoms with E-state index < -0.39 is 0 Å². The second-order valence-corrected chi connectivity index (χ2v) is 4.92. The van der Waals surface area contributed by atoms with Gasteiger partial charge in [-0.25, -0.2) is 14.5 Å². The van der Waals surface area contributed by atoms with E-state index in [1.807, 2.05) is 22.8 Å². The topological polar surface area (TPSA) is 62.1 Å². The van der Waals surface area contributed by atoms with Crippen molar-refractivity contribution in [3.63, 3.8) is 0 Å². The van der Waals surface area contributed by atoms with Gasteiger partial charge in [-0.2, -0.15) is 4.98 Å². The van der Waals surface area contributed by atoms with E-state index in [2.05, 4.69) is 20.9 Å². The molecular formula is C16H12N4O2. The fraction of sp³-hybridized carbons (Fsp3) is 0.188. The first-order valence-electron chi connectivity index (χ1n) is 6.85. The number of imidazole rings is 1. The average molecular weight is 292 g/mol. The summed E-state index contributed by atoms with van der Waals surface area (Å²) in [6, 6.07) is 7.92. The highest BCUT2D eigenvalue weighted by Crippen LogP contribution is 2.27. The summed E-state index contributed by atoms with van der Waals surface area (Å²) >= 11 is 0. The molecule has 0 radical (unpaired) electrons. The van der Waals surface area contributed by atoms with Gasteiger partial charge in [0.2, 0.25) is 0 Å². The van der Waals surface area contributed by atoms with Crippen LogP contribution in [0.25, 0.3) is 16.9 Å². The van der Waals surface area contributed by atoms with Crippen LogP contribution in [0.3, 0.4) is 0 Å². The molecule has 6 heteroatoms. The molecule has 3 heterocycles. The van der Waals surface area contributed by atoms with Crippen molar-refractivity contribution in [1.82, 2.24) is 19.5 Å². The quantitative estimate of drug-likeness (QED) is 0.686. The van der Waals surface area contributed by atoms with Crippen LogP contribution >= 0.6 is 0 Å². The Hall–Kier alpha value is -2.91. The summed E-state index contributed by atoms with van der Waals surface area (Å²) < 4.78 is 12.9. The Labute approximate surface area is 126 Å². The maximum absolute atomic E-state index is 5.91. The Morgan fingerprint density at radius 2 is 2.23 bits per heavy atom. The summed E-state index contributed by atoms with van der Waals surface area (Å²) in [7, 11) is 0. The van der Waals surface area contributed by atoms with Crippen LogP contribution in [-0.2, 0) is 4.74 Å². The smallest absolute Gasteiger partial charge is 0.303 e. The summed E-state index contributed by atoms with van der Waals surface area (Å²) in [6.07, 6.45) is 8.68. The molecule has 0 N–H and O–H groups in total. The molecular weight excluding hydrogens is 280 g/mol. The summed E-state index contributed by atoms with van der Waals surface area (Å²) in [4.78, 5) is 12.8. The van der Waals surface area contributed by atoms with Gasteiger partial charge >= 0.3 is 6.01 Å². The number of hydrogen-bond acceptors (Lipinski definition) is 5. The van der Waals surface area contributed by atoms with Crippen LogP contribution in [0.5, 0.6) is 6.01 Å². The third-order valence-electron chi connectivity index (χ3n) is 3.47. The predicted molar refractivity (Wildman–Crippen MR) is 79.8 cm³/mol. The number of fused-ring (bicyclic) bond motifs is 1. The fourth-order valence-corrected chi connectivity index (χ4v) is 2.29. The molecule has 1 aliphatic rings. The van der Waals surface area contributed by atoms with Crippen LogP contribution < -0.4 is 4.74 Å². The van der Waals surface area contributed by atoms with E-state index in [-0.39, 0.29) is 6.10 Å². The zero-order valence-corrected chi connectivity index (χ0v) is 11.6. The molecule has 1 aliphatic heterocycles. The zero-order chi connectivity index (χ0) is 14.9. The van der Waals surface area contributed by atoms with Crippen LogP contribution in [0.1, 0.15) is 5.56 Å². The zero-order valence-electron chi connectivity index (χ0n) is 11.6. The van der Waals surface area contributed by atoms with E-state index in [0.717, 1.165) is 16.6 Å². The van der Waals surface area contributed by atoms with Crippen LogP contribution in [0.4, 0.5) is 0 Å². The van der Waals surface area contributed by atoms with Crippen molar-refractivity contribution in [3.05, 3.63) is 42.4 Å². The molecule has 4 rings (SSSR count). The van der Waals surface area contributed by atoms with Crippen molar-refractivity contribution in [3.8, 4) is 24.2 Å². The summed E-state index contributed by atoms with van der Waals surface area (Å²) in [5, 5.41) is 0. The molecule has 22 heavy (non-hydrogen) atoms. The van der Waals surface area contributed by atoms with Crippen molar-refractivity contribution in [2.24, 2.45) is 0 Å². The SMILES string of the molecule is C#Cc1ccc2nc(OC3COC3)n(-c3ccncn3)c2c1. The van der Waals surface area contributed by atoms with E-state index in [1.165, 1.54) is 6.33 Å². The van der Waals surface area contributed by atoms with Crippen molar-refractivity contribution >= 4 is 11.0 Å². The summed E-state index contributed by atoms with van der Waals surface area (Å²) in [6.45, 7) is 1.14.